The predicted octanol–water partition coefficient (Wildman–Crippen LogP) is 0.00830. The number of hydrogen-bond donors (Lipinski definition) is 3. The second-order valence-corrected chi connectivity index (χ2v) is 2.64. The van der Waals surface area contributed by atoms with Crippen LogP contribution in [0.1, 0.15) is 10.4 Å². The fourth-order valence-corrected chi connectivity index (χ4v) is 0.916. The predicted molar refractivity (Wildman–Crippen MR) is 53.2 cm³/mol. The van der Waals surface area contributed by atoms with Crippen molar-refractivity contribution >= 4 is 12.0 Å². The van der Waals surface area contributed by atoms with E-state index in [4.69, 9.17) is 10.6 Å². The molecule has 1 aromatic carbocycles. The lowest BCUT2D eigenvalue weighted by molar-refractivity contribution is 0.0953. The quantitative estimate of drug-likeness (QED) is 0.363. The Morgan fingerprint density at radius 2 is 1.87 bits per heavy atom. The summed E-state index contributed by atoms with van der Waals surface area (Å²) in [6, 6.07) is 6.00. The number of amides is 2. The maximum Gasteiger partial charge on any atom is 0.412 e. The Balaban J connectivity index is 2.72. The van der Waals surface area contributed by atoms with E-state index in [1.165, 1.54) is 31.3 Å². The number of hydrazine groups is 1. The van der Waals surface area contributed by atoms with Crippen molar-refractivity contribution in [1.82, 2.24) is 10.7 Å². The molecule has 0 radical (unpaired) electrons. The number of benzene rings is 1. The highest BCUT2D eigenvalue weighted by Gasteiger charge is 2.04. The molecule has 0 heterocycles. The number of ether oxygens (including phenoxy) is 1. The first-order valence-corrected chi connectivity index (χ1v) is 4.18. The van der Waals surface area contributed by atoms with Gasteiger partial charge >= 0.3 is 6.09 Å². The minimum Gasteiger partial charge on any atom is -0.410 e. The SMILES string of the molecule is CNC(=O)Oc1ccc(C(=O)NN)cc1. The summed E-state index contributed by atoms with van der Waals surface area (Å²) in [5.41, 5.74) is 2.38. The van der Waals surface area contributed by atoms with Crippen LogP contribution in [-0.2, 0) is 0 Å². The van der Waals surface area contributed by atoms with Crippen LogP contribution in [-0.4, -0.2) is 19.0 Å². The molecular formula is C9H11N3O3. The van der Waals surface area contributed by atoms with Crippen molar-refractivity contribution in [3.63, 3.8) is 0 Å². The van der Waals surface area contributed by atoms with Crippen molar-refractivity contribution in [1.29, 1.82) is 0 Å². The number of carbonyl (C=O) groups excluding carboxylic acids is 2. The van der Waals surface area contributed by atoms with Crippen LogP contribution in [0.25, 0.3) is 0 Å². The molecule has 1 rings (SSSR count). The van der Waals surface area contributed by atoms with Gasteiger partial charge in [-0.15, -0.1) is 0 Å². The molecule has 6 heteroatoms. The summed E-state index contributed by atoms with van der Waals surface area (Å²) in [7, 11) is 1.46. The Hall–Kier alpha value is -2.08. The second kappa shape index (κ2) is 4.97. The van der Waals surface area contributed by atoms with E-state index in [9.17, 15) is 9.59 Å². The smallest absolute Gasteiger partial charge is 0.410 e. The van der Waals surface area contributed by atoms with Crippen molar-refractivity contribution in [3.8, 4) is 5.75 Å². The number of nitrogens with two attached hydrogens (primary N) is 1. The van der Waals surface area contributed by atoms with E-state index in [-0.39, 0.29) is 0 Å². The number of hydrogen-bond acceptors (Lipinski definition) is 4. The average molecular weight is 209 g/mol. The van der Waals surface area contributed by atoms with Gasteiger partial charge in [-0.1, -0.05) is 0 Å². The number of nitrogen functional groups attached to an aromatic ring is 1. The van der Waals surface area contributed by atoms with Crippen LogP contribution < -0.4 is 21.3 Å². The lowest BCUT2D eigenvalue weighted by Crippen LogP contribution is -2.29. The number of rotatable bonds is 2. The van der Waals surface area contributed by atoms with Gasteiger partial charge in [0.1, 0.15) is 5.75 Å². The van der Waals surface area contributed by atoms with E-state index in [0.29, 0.717) is 11.3 Å². The molecule has 0 saturated heterocycles. The fraction of sp³-hybridized carbons (Fsp3) is 0.111. The normalized spacial score (nSPS) is 9.20. The topological polar surface area (TPSA) is 93.4 Å². The molecule has 0 spiro atoms. The number of nitrogens with one attached hydrogen (secondary N) is 2. The monoisotopic (exact) mass is 209 g/mol. The maximum atomic E-state index is 11.0. The minimum atomic E-state index is -0.564. The highest BCUT2D eigenvalue weighted by molar-refractivity contribution is 5.93. The summed E-state index contributed by atoms with van der Waals surface area (Å²) in [5.74, 6) is 4.90. The Bertz CT molecular complexity index is 361. The van der Waals surface area contributed by atoms with Gasteiger partial charge in [0.05, 0.1) is 0 Å². The molecule has 2 amide bonds. The molecule has 1 aromatic rings. The van der Waals surface area contributed by atoms with E-state index in [0.717, 1.165) is 0 Å². The lowest BCUT2D eigenvalue weighted by atomic mass is 10.2. The van der Waals surface area contributed by atoms with Gasteiger partial charge in [0.2, 0.25) is 0 Å². The summed E-state index contributed by atoms with van der Waals surface area (Å²) in [6.45, 7) is 0. The Kier molecular flexibility index (Phi) is 3.64. The van der Waals surface area contributed by atoms with E-state index in [1.54, 1.807) is 0 Å². The third kappa shape index (κ3) is 2.96. The van der Waals surface area contributed by atoms with E-state index < -0.39 is 12.0 Å². The van der Waals surface area contributed by atoms with Crippen LogP contribution in [0.3, 0.4) is 0 Å². The van der Waals surface area contributed by atoms with Crippen molar-refractivity contribution in [2.45, 2.75) is 0 Å². The van der Waals surface area contributed by atoms with Gasteiger partial charge in [0, 0.05) is 12.6 Å². The minimum absolute atomic E-state index is 0.350. The van der Waals surface area contributed by atoms with E-state index >= 15 is 0 Å². The van der Waals surface area contributed by atoms with E-state index in [2.05, 4.69) is 5.32 Å². The zero-order valence-electron chi connectivity index (χ0n) is 8.11. The van der Waals surface area contributed by atoms with Gasteiger partial charge in [-0.3, -0.25) is 10.2 Å². The fourth-order valence-electron chi connectivity index (χ4n) is 0.916. The first-order valence-electron chi connectivity index (χ1n) is 4.18. The number of carbonyl (C=O) groups is 2. The van der Waals surface area contributed by atoms with Gasteiger partial charge in [0.25, 0.3) is 5.91 Å². The van der Waals surface area contributed by atoms with Crippen molar-refractivity contribution in [2.24, 2.45) is 5.84 Å². The molecule has 0 bridgehead atoms. The molecule has 80 valence electrons. The summed E-state index contributed by atoms with van der Waals surface area (Å²) in [5, 5.41) is 2.30. The molecule has 0 saturated carbocycles. The molecule has 4 N–H and O–H groups in total. The van der Waals surface area contributed by atoms with Crippen LogP contribution in [0.4, 0.5) is 4.79 Å². The van der Waals surface area contributed by atoms with Crippen molar-refractivity contribution in [3.05, 3.63) is 29.8 Å². The molecular weight excluding hydrogens is 198 g/mol. The van der Waals surface area contributed by atoms with E-state index in [1.807, 2.05) is 5.43 Å². The summed E-state index contributed by atoms with van der Waals surface area (Å²) in [4.78, 5) is 21.9. The Labute approximate surface area is 86.4 Å². The summed E-state index contributed by atoms with van der Waals surface area (Å²) < 4.78 is 4.82. The van der Waals surface area contributed by atoms with Gasteiger partial charge < -0.3 is 10.1 Å². The van der Waals surface area contributed by atoms with Gasteiger partial charge in [0.15, 0.2) is 0 Å². The zero-order valence-corrected chi connectivity index (χ0v) is 8.11. The largest absolute Gasteiger partial charge is 0.412 e. The summed E-state index contributed by atoms with van der Waals surface area (Å²) in [6.07, 6.45) is -0.564. The average Bonchev–Trinajstić information content (AvgIpc) is 2.29. The molecule has 0 fully saturated rings. The van der Waals surface area contributed by atoms with Crippen LogP contribution in [0.5, 0.6) is 5.75 Å². The first kappa shape index (κ1) is 11.0. The third-order valence-electron chi connectivity index (χ3n) is 1.66. The maximum absolute atomic E-state index is 11.0. The van der Waals surface area contributed by atoms with Crippen molar-refractivity contribution in [2.75, 3.05) is 7.05 Å². The highest BCUT2D eigenvalue weighted by atomic mass is 16.5. The highest BCUT2D eigenvalue weighted by Crippen LogP contribution is 2.11. The zero-order chi connectivity index (χ0) is 11.3. The Morgan fingerprint density at radius 3 is 2.33 bits per heavy atom. The van der Waals surface area contributed by atoms with Gasteiger partial charge in [-0.2, -0.15) is 0 Å². The third-order valence-corrected chi connectivity index (χ3v) is 1.66. The molecule has 0 aromatic heterocycles. The van der Waals surface area contributed by atoms with Gasteiger partial charge in [-0.25, -0.2) is 10.6 Å². The molecule has 6 nitrogen and oxygen atoms in total. The standard InChI is InChI=1S/C9H11N3O3/c1-11-9(14)15-7-4-2-6(3-5-7)8(13)12-10/h2-5H,10H2,1H3,(H,11,14)(H,12,13). The lowest BCUT2D eigenvalue weighted by Gasteiger charge is -2.03. The van der Waals surface area contributed by atoms with Crippen LogP contribution in [0, 0.1) is 0 Å². The van der Waals surface area contributed by atoms with Crippen LogP contribution >= 0.6 is 0 Å². The van der Waals surface area contributed by atoms with Crippen LogP contribution in [0.2, 0.25) is 0 Å². The molecule has 15 heavy (non-hydrogen) atoms. The first-order chi connectivity index (χ1) is 7.17. The molecule has 0 unspecified atom stereocenters. The molecule has 0 aliphatic rings. The summed E-state index contributed by atoms with van der Waals surface area (Å²) >= 11 is 0. The Morgan fingerprint density at radius 1 is 1.27 bits per heavy atom. The second-order valence-electron chi connectivity index (χ2n) is 2.64. The molecule has 0 aliphatic heterocycles. The molecule has 0 aliphatic carbocycles. The van der Waals surface area contributed by atoms with Crippen molar-refractivity contribution < 1.29 is 14.3 Å². The van der Waals surface area contributed by atoms with Gasteiger partial charge in [-0.05, 0) is 24.3 Å². The van der Waals surface area contributed by atoms with Crippen LogP contribution in [0.15, 0.2) is 24.3 Å². The molecule has 0 atom stereocenters.